The summed E-state index contributed by atoms with van der Waals surface area (Å²) in [6, 6.07) is 12.5. The molecule has 0 N–H and O–H groups in total. The summed E-state index contributed by atoms with van der Waals surface area (Å²) < 4.78 is 14.0. The zero-order valence-electron chi connectivity index (χ0n) is 13.0. The first-order valence-electron chi connectivity index (χ1n) is 7.88. The Labute approximate surface area is 144 Å². The van der Waals surface area contributed by atoms with Gasteiger partial charge >= 0.3 is 0 Å². The van der Waals surface area contributed by atoms with Gasteiger partial charge in [0.05, 0.1) is 16.9 Å². The number of piperazine rings is 1. The van der Waals surface area contributed by atoms with E-state index in [0.717, 1.165) is 42.9 Å². The van der Waals surface area contributed by atoms with Crippen molar-refractivity contribution in [3.63, 3.8) is 0 Å². The van der Waals surface area contributed by atoms with Gasteiger partial charge in [-0.2, -0.15) is 0 Å². The highest BCUT2D eigenvalue weighted by Gasteiger charge is 2.21. The quantitative estimate of drug-likeness (QED) is 0.664. The van der Waals surface area contributed by atoms with Crippen LogP contribution in [0.5, 0.6) is 0 Å². The molecule has 0 bridgehead atoms. The molecule has 0 amide bonds. The van der Waals surface area contributed by atoms with Crippen LogP contribution in [0.4, 0.5) is 15.8 Å². The lowest BCUT2D eigenvalue weighted by molar-refractivity contribution is 0.598. The second kappa shape index (κ2) is 6.24. The SMILES string of the molecule is Fc1ccccc1N1CCN(c2ccnc3ccc(Cl)nc23)CC1. The Morgan fingerprint density at radius 1 is 0.875 bits per heavy atom. The van der Waals surface area contributed by atoms with E-state index in [0.29, 0.717) is 10.8 Å². The van der Waals surface area contributed by atoms with Crippen molar-refractivity contribution in [3.05, 3.63) is 59.6 Å². The molecule has 3 heterocycles. The molecule has 1 aromatic carbocycles. The summed E-state index contributed by atoms with van der Waals surface area (Å²) in [5, 5.41) is 0.460. The average Bonchev–Trinajstić information content (AvgIpc) is 2.62. The topological polar surface area (TPSA) is 32.3 Å². The van der Waals surface area contributed by atoms with E-state index in [4.69, 9.17) is 11.6 Å². The third-order valence-corrected chi connectivity index (χ3v) is 4.55. The van der Waals surface area contributed by atoms with Crippen LogP contribution in [0.3, 0.4) is 0 Å². The van der Waals surface area contributed by atoms with Gasteiger partial charge in [-0.3, -0.25) is 4.98 Å². The number of nitrogens with zero attached hydrogens (tertiary/aromatic N) is 4. The van der Waals surface area contributed by atoms with Crippen LogP contribution in [0.25, 0.3) is 11.0 Å². The standard InChI is InChI=1S/C18H16ClFN4/c19-17-6-5-14-18(22-17)16(7-8-21-14)24-11-9-23(10-12-24)15-4-2-1-3-13(15)20/h1-8H,9-12H2. The lowest BCUT2D eigenvalue weighted by atomic mass is 10.2. The van der Waals surface area contributed by atoms with Crippen molar-refractivity contribution in [2.75, 3.05) is 36.0 Å². The number of aromatic nitrogens is 2. The molecule has 1 aliphatic heterocycles. The van der Waals surface area contributed by atoms with Crippen LogP contribution in [0, 0.1) is 5.82 Å². The van der Waals surface area contributed by atoms with Crippen molar-refractivity contribution < 1.29 is 4.39 Å². The fourth-order valence-electron chi connectivity index (χ4n) is 3.14. The number of benzene rings is 1. The third-order valence-electron chi connectivity index (χ3n) is 4.34. The van der Waals surface area contributed by atoms with Gasteiger partial charge in [0, 0.05) is 32.4 Å². The van der Waals surface area contributed by atoms with Crippen molar-refractivity contribution in [1.29, 1.82) is 0 Å². The van der Waals surface area contributed by atoms with Gasteiger partial charge < -0.3 is 9.80 Å². The van der Waals surface area contributed by atoms with Gasteiger partial charge in [0.25, 0.3) is 0 Å². The molecule has 0 aliphatic carbocycles. The van der Waals surface area contributed by atoms with Gasteiger partial charge in [-0.25, -0.2) is 9.37 Å². The molecule has 3 aromatic rings. The van der Waals surface area contributed by atoms with E-state index in [1.165, 1.54) is 6.07 Å². The normalized spacial score (nSPS) is 15.1. The molecular weight excluding hydrogens is 327 g/mol. The first kappa shape index (κ1) is 15.1. The van der Waals surface area contributed by atoms with Crippen LogP contribution >= 0.6 is 11.6 Å². The highest BCUT2D eigenvalue weighted by atomic mass is 35.5. The van der Waals surface area contributed by atoms with Crippen molar-refractivity contribution in [2.45, 2.75) is 0 Å². The molecular formula is C18H16ClFN4. The summed E-state index contributed by atoms with van der Waals surface area (Å²) in [5.74, 6) is -0.172. The zero-order valence-corrected chi connectivity index (χ0v) is 13.7. The van der Waals surface area contributed by atoms with Crippen LogP contribution in [0.15, 0.2) is 48.7 Å². The Hall–Kier alpha value is -2.40. The monoisotopic (exact) mass is 342 g/mol. The highest BCUT2D eigenvalue weighted by molar-refractivity contribution is 6.29. The third kappa shape index (κ3) is 2.76. The maximum Gasteiger partial charge on any atom is 0.146 e. The minimum atomic E-state index is -0.172. The van der Waals surface area contributed by atoms with Gasteiger partial charge in [0.15, 0.2) is 0 Å². The van der Waals surface area contributed by atoms with E-state index in [1.54, 1.807) is 18.3 Å². The Morgan fingerprint density at radius 2 is 1.58 bits per heavy atom. The molecule has 4 rings (SSSR count). The predicted molar refractivity (Wildman–Crippen MR) is 95.4 cm³/mol. The molecule has 1 saturated heterocycles. The summed E-state index contributed by atoms with van der Waals surface area (Å²) in [5.41, 5.74) is 3.33. The van der Waals surface area contributed by atoms with Crippen molar-refractivity contribution in [1.82, 2.24) is 9.97 Å². The lowest BCUT2D eigenvalue weighted by Crippen LogP contribution is -2.47. The fourth-order valence-corrected chi connectivity index (χ4v) is 3.29. The Bertz CT molecular complexity index is 878. The van der Waals surface area contributed by atoms with Crippen molar-refractivity contribution >= 4 is 34.0 Å². The van der Waals surface area contributed by atoms with Gasteiger partial charge in [0.2, 0.25) is 0 Å². The molecule has 2 aromatic heterocycles. The number of rotatable bonds is 2. The second-order valence-electron chi connectivity index (χ2n) is 5.76. The van der Waals surface area contributed by atoms with E-state index in [9.17, 15) is 4.39 Å². The van der Waals surface area contributed by atoms with Gasteiger partial charge in [-0.05, 0) is 30.3 Å². The molecule has 1 fully saturated rings. The smallest absolute Gasteiger partial charge is 0.146 e. The fraction of sp³-hybridized carbons (Fsp3) is 0.222. The highest BCUT2D eigenvalue weighted by Crippen LogP contribution is 2.27. The molecule has 0 atom stereocenters. The molecule has 6 heteroatoms. The molecule has 0 radical (unpaired) electrons. The maximum absolute atomic E-state index is 14.0. The first-order valence-corrected chi connectivity index (χ1v) is 8.26. The Kier molecular flexibility index (Phi) is 3.94. The number of pyridine rings is 2. The van der Waals surface area contributed by atoms with Gasteiger partial charge in [-0.15, -0.1) is 0 Å². The lowest BCUT2D eigenvalue weighted by Gasteiger charge is -2.37. The van der Waals surface area contributed by atoms with Crippen LogP contribution in [-0.4, -0.2) is 36.1 Å². The zero-order chi connectivity index (χ0) is 16.5. The van der Waals surface area contributed by atoms with E-state index < -0.39 is 0 Å². The number of hydrogen-bond acceptors (Lipinski definition) is 4. The van der Waals surface area contributed by atoms with E-state index in [-0.39, 0.29) is 5.82 Å². The summed E-state index contributed by atoms with van der Waals surface area (Å²) in [6.45, 7) is 3.10. The molecule has 0 spiro atoms. The summed E-state index contributed by atoms with van der Waals surface area (Å²) in [6.07, 6.45) is 1.79. The molecule has 1 aliphatic rings. The Balaban J connectivity index is 1.58. The van der Waals surface area contributed by atoms with Gasteiger partial charge in [-0.1, -0.05) is 23.7 Å². The molecule has 4 nitrogen and oxygen atoms in total. The van der Waals surface area contributed by atoms with Crippen LogP contribution in [0.1, 0.15) is 0 Å². The number of para-hydroxylation sites is 1. The average molecular weight is 343 g/mol. The minimum absolute atomic E-state index is 0.172. The van der Waals surface area contributed by atoms with Crippen LogP contribution in [0.2, 0.25) is 5.15 Å². The maximum atomic E-state index is 14.0. The van der Waals surface area contributed by atoms with E-state index in [1.807, 2.05) is 24.3 Å². The molecule has 0 saturated carbocycles. The van der Waals surface area contributed by atoms with Crippen LogP contribution < -0.4 is 9.80 Å². The number of hydrogen-bond donors (Lipinski definition) is 0. The summed E-state index contributed by atoms with van der Waals surface area (Å²) >= 11 is 6.04. The van der Waals surface area contributed by atoms with Crippen molar-refractivity contribution in [3.8, 4) is 0 Å². The molecule has 122 valence electrons. The molecule has 24 heavy (non-hydrogen) atoms. The molecule has 0 unspecified atom stereocenters. The minimum Gasteiger partial charge on any atom is -0.366 e. The number of halogens is 2. The van der Waals surface area contributed by atoms with E-state index in [2.05, 4.69) is 19.8 Å². The van der Waals surface area contributed by atoms with Crippen molar-refractivity contribution in [2.24, 2.45) is 0 Å². The van der Waals surface area contributed by atoms with E-state index >= 15 is 0 Å². The second-order valence-corrected chi connectivity index (χ2v) is 6.14. The Morgan fingerprint density at radius 3 is 2.33 bits per heavy atom. The first-order chi connectivity index (χ1) is 11.7. The van der Waals surface area contributed by atoms with Gasteiger partial charge in [0.1, 0.15) is 16.5 Å². The summed E-state index contributed by atoms with van der Waals surface area (Å²) in [4.78, 5) is 13.1. The number of anilines is 2. The predicted octanol–water partition coefficient (Wildman–Crippen LogP) is 3.75. The summed E-state index contributed by atoms with van der Waals surface area (Å²) in [7, 11) is 0. The van der Waals surface area contributed by atoms with Crippen LogP contribution in [-0.2, 0) is 0 Å². The number of fused-ring (bicyclic) bond motifs is 1. The largest absolute Gasteiger partial charge is 0.366 e.